The summed E-state index contributed by atoms with van der Waals surface area (Å²) < 4.78 is 4.43. The standard InChI is InChI=1S/C12H16N2/c1-9-5-7-12-11(13(9)3)8-6-10(2)14(12)4/h5-8H,1-4H3/q+2. The molecule has 0 unspecified atom stereocenters. The van der Waals surface area contributed by atoms with Crippen LogP contribution in [0.4, 0.5) is 0 Å². The molecule has 0 radical (unpaired) electrons. The van der Waals surface area contributed by atoms with Crippen molar-refractivity contribution in [2.24, 2.45) is 14.1 Å². The van der Waals surface area contributed by atoms with Gasteiger partial charge in [0.25, 0.3) is 11.0 Å². The van der Waals surface area contributed by atoms with E-state index in [0.717, 1.165) is 0 Å². The molecule has 0 N–H and O–H groups in total. The van der Waals surface area contributed by atoms with E-state index in [0.29, 0.717) is 0 Å². The van der Waals surface area contributed by atoms with E-state index in [4.69, 9.17) is 0 Å². The number of pyridine rings is 2. The Hall–Kier alpha value is -1.44. The second-order valence-corrected chi connectivity index (χ2v) is 3.84. The van der Waals surface area contributed by atoms with Gasteiger partial charge >= 0.3 is 0 Å². The smallest absolute Gasteiger partial charge is 0.193 e. The Morgan fingerprint density at radius 1 is 0.714 bits per heavy atom. The zero-order chi connectivity index (χ0) is 10.3. The van der Waals surface area contributed by atoms with Gasteiger partial charge in [-0.1, -0.05) is 0 Å². The summed E-state index contributed by atoms with van der Waals surface area (Å²) >= 11 is 0. The molecule has 72 valence electrons. The summed E-state index contributed by atoms with van der Waals surface area (Å²) in [7, 11) is 4.21. The zero-order valence-corrected chi connectivity index (χ0v) is 9.20. The summed E-state index contributed by atoms with van der Waals surface area (Å²) in [6, 6.07) is 8.67. The van der Waals surface area contributed by atoms with Crippen LogP contribution in [-0.4, -0.2) is 0 Å². The third kappa shape index (κ3) is 1.18. The zero-order valence-electron chi connectivity index (χ0n) is 9.20. The lowest BCUT2D eigenvalue weighted by atomic mass is 10.2. The van der Waals surface area contributed by atoms with Gasteiger partial charge in [-0.3, -0.25) is 0 Å². The highest BCUT2D eigenvalue weighted by Crippen LogP contribution is 2.06. The van der Waals surface area contributed by atoms with E-state index >= 15 is 0 Å². The first-order valence-corrected chi connectivity index (χ1v) is 4.86. The largest absolute Gasteiger partial charge is 0.277 e. The number of aryl methyl sites for hydroxylation is 4. The molecule has 0 saturated carbocycles. The van der Waals surface area contributed by atoms with Crippen LogP contribution < -0.4 is 9.13 Å². The molecule has 0 aromatic carbocycles. The summed E-state index contributed by atoms with van der Waals surface area (Å²) in [5, 5.41) is 0. The van der Waals surface area contributed by atoms with Crippen molar-refractivity contribution in [3.63, 3.8) is 0 Å². The lowest BCUT2D eigenvalue weighted by molar-refractivity contribution is -0.673. The van der Waals surface area contributed by atoms with Crippen molar-refractivity contribution in [1.29, 1.82) is 0 Å². The SMILES string of the molecule is Cc1ccc2c(ccc(C)[n+]2C)[n+]1C. The monoisotopic (exact) mass is 188 g/mol. The molecule has 2 heterocycles. The number of hydrogen-bond donors (Lipinski definition) is 0. The van der Waals surface area contributed by atoms with E-state index in [1.807, 2.05) is 0 Å². The highest BCUT2D eigenvalue weighted by molar-refractivity contribution is 5.66. The van der Waals surface area contributed by atoms with E-state index in [2.05, 4.69) is 61.3 Å². The first kappa shape index (κ1) is 9.13. The average Bonchev–Trinajstić information content (AvgIpc) is 2.17. The predicted octanol–water partition coefficient (Wildman–Crippen LogP) is 1.11. The Morgan fingerprint density at radius 3 is 1.43 bits per heavy atom. The van der Waals surface area contributed by atoms with Crippen LogP contribution in [0.2, 0.25) is 0 Å². The Labute approximate surface area is 84.4 Å². The Morgan fingerprint density at radius 2 is 1.07 bits per heavy atom. The van der Waals surface area contributed by atoms with Gasteiger partial charge in [0.15, 0.2) is 11.4 Å². The maximum absolute atomic E-state index is 2.22. The fourth-order valence-electron chi connectivity index (χ4n) is 1.74. The van der Waals surface area contributed by atoms with Crippen molar-refractivity contribution in [3.8, 4) is 0 Å². The third-order valence-corrected chi connectivity index (χ3v) is 3.01. The van der Waals surface area contributed by atoms with Crippen LogP contribution >= 0.6 is 0 Å². The van der Waals surface area contributed by atoms with E-state index in [-0.39, 0.29) is 0 Å². The van der Waals surface area contributed by atoms with Gasteiger partial charge in [-0.25, -0.2) is 0 Å². The summed E-state index contributed by atoms with van der Waals surface area (Å²) in [5.41, 5.74) is 5.11. The van der Waals surface area contributed by atoms with Gasteiger partial charge in [0.1, 0.15) is 14.1 Å². The van der Waals surface area contributed by atoms with Crippen LogP contribution in [0, 0.1) is 13.8 Å². The van der Waals surface area contributed by atoms with Gasteiger partial charge in [0.2, 0.25) is 0 Å². The fourth-order valence-corrected chi connectivity index (χ4v) is 1.74. The molecule has 0 bridgehead atoms. The number of nitrogens with zero attached hydrogens (tertiary/aromatic N) is 2. The molecule has 0 aliphatic rings. The molecule has 0 aliphatic carbocycles. The van der Waals surface area contributed by atoms with Crippen molar-refractivity contribution in [1.82, 2.24) is 0 Å². The van der Waals surface area contributed by atoms with Crippen molar-refractivity contribution in [2.75, 3.05) is 0 Å². The summed E-state index contributed by atoms with van der Waals surface area (Å²) in [6.45, 7) is 4.25. The summed E-state index contributed by atoms with van der Waals surface area (Å²) in [4.78, 5) is 0. The van der Waals surface area contributed by atoms with E-state index in [9.17, 15) is 0 Å². The Bertz CT molecular complexity index is 454. The topological polar surface area (TPSA) is 7.76 Å². The molecule has 2 heteroatoms. The molecule has 0 saturated heterocycles. The maximum atomic E-state index is 2.22. The van der Waals surface area contributed by atoms with Crippen molar-refractivity contribution < 1.29 is 9.13 Å². The van der Waals surface area contributed by atoms with Gasteiger partial charge in [-0.2, -0.15) is 9.13 Å². The Balaban J connectivity index is 2.94. The van der Waals surface area contributed by atoms with Crippen LogP contribution in [0.25, 0.3) is 11.0 Å². The van der Waals surface area contributed by atoms with Crippen LogP contribution in [0.5, 0.6) is 0 Å². The molecule has 14 heavy (non-hydrogen) atoms. The van der Waals surface area contributed by atoms with Crippen LogP contribution in [0.3, 0.4) is 0 Å². The van der Waals surface area contributed by atoms with Crippen molar-refractivity contribution >= 4 is 11.0 Å². The van der Waals surface area contributed by atoms with Gasteiger partial charge in [0.05, 0.1) is 0 Å². The van der Waals surface area contributed by atoms with Gasteiger partial charge < -0.3 is 0 Å². The minimum atomic E-state index is 1.28. The molecular formula is C12H16N2+2. The summed E-state index contributed by atoms with van der Waals surface area (Å²) in [6.07, 6.45) is 0. The van der Waals surface area contributed by atoms with Gasteiger partial charge in [-0.15, -0.1) is 0 Å². The number of aromatic nitrogens is 2. The highest BCUT2D eigenvalue weighted by atomic mass is 15.0. The predicted molar refractivity (Wildman–Crippen MR) is 55.8 cm³/mol. The molecule has 0 fully saturated rings. The molecule has 0 amide bonds. The van der Waals surface area contributed by atoms with E-state index in [1.54, 1.807) is 0 Å². The normalized spacial score (nSPS) is 10.9. The quantitative estimate of drug-likeness (QED) is 0.547. The Kier molecular flexibility index (Phi) is 1.99. The highest BCUT2D eigenvalue weighted by Gasteiger charge is 2.16. The molecule has 0 atom stereocenters. The minimum Gasteiger partial charge on any atom is -0.193 e. The van der Waals surface area contributed by atoms with Crippen molar-refractivity contribution in [3.05, 3.63) is 35.7 Å². The van der Waals surface area contributed by atoms with Crippen LogP contribution in [-0.2, 0) is 14.1 Å². The van der Waals surface area contributed by atoms with Crippen LogP contribution in [0.1, 0.15) is 11.4 Å². The van der Waals surface area contributed by atoms with Gasteiger partial charge in [-0.05, 0) is 0 Å². The molecule has 2 rings (SSSR count). The summed E-state index contributed by atoms with van der Waals surface area (Å²) in [5.74, 6) is 0. The number of fused-ring (bicyclic) bond motifs is 1. The molecule has 2 nitrogen and oxygen atoms in total. The van der Waals surface area contributed by atoms with Gasteiger partial charge in [0, 0.05) is 38.1 Å². The first-order valence-electron chi connectivity index (χ1n) is 4.86. The molecular weight excluding hydrogens is 172 g/mol. The number of rotatable bonds is 0. The second-order valence-electron chi connectivity index (χ2n) is 3.84. The van der Waals surface area contributed by atoms with E-state index < -0.39 is 0 Å². The minimum absolute atomic E-state index is 1.28. The fraction of sp³-hybridized carbons (Fsp3) is 0.333. The number of hydrogen-bond acceptors (Lipinski definition) is 0. The lowest BCUT2D eigenvalue weighted by Crippen LogP contribution is -2.39. The first-order chi connectivity index (χ1) is 6.61. The molecule has 0 aliphatic heterocycles. The lowest BCUT2D eigenvalue weighted by Gasteiger charge is -1.99. The maximum Gasteiger partial charge on any atom is 0.277 e. The third-order valence-electron chi connectivity index (χ3n) is 3.01. The molecule has 2 aromatic heterocycles. The van der Waals surface area contributed by atoms with Crippen LogP contribution in [0.15, 0.2) is 24.3 Å². The van der Waals surface area contributed by atoms with Crippen molar-refractivity contribution in [2.45, 2.75) is 13.8 Å². The average molecular weight is 188 g/mol. The molecule has 0 spiro atoms. The molecule has 2 aromatic rings. The second kappa shape index (κ2) is 3.05. The van der Waals surface area contributed by atoms with E-state index in [1.165, 1.54) is 22.4 Å².